The summed E-state index contributed by atoms with van der Waals surface area (Å²) in [7, 11) is 0. The van der Waals surface area contributed by atoms with Gasteiger partial charge in [-0.2, -0.15) is 4.39 Å². The van der Waals surface area contributed by atoms with Gasteiger partial charge in [0.2, 0.25) is 5.95 Å². The van der Waals surface area contributed by atoms with Crippen LogP contribution in [-0.4, -0.2) is 38.1 Å². The summed E-state index contributed by atoms with van der Waals surface area (Å²) in [5.41, 5.74) is 21.2. The Kier molecular flexibility index (Phi) is 8.73. The lowest BCUT2D eigenvalue weighted by Crippen LogP contribution is -1.94. The van der Waals surface area contributed by atoms with Crippen LogP contribution in [0.3, 0.4) is 0 Å². The second-order valence-electron chi connectivity index (χ2n) is 14.4. The summed E-state index contributed by atoms with van der Waals surface area (Å²) in [6.07, 6.45) is 13.1. The van der Waals surface area contributed by atoms with E-state index >= 15 is 0 Å². The van der Waals surface area contributed by atoms with Gasteiger partial charge in [-0.15, -0.1) is 0 Å². The summed E-state index contributed by atoms with van der Waals surface area (Å²) in [4.78, 5) is 23.5. The van der Waals surface area contributed by atoms with Gasteiger partial charge in [-0.3, -0.25) is 18.2 Å². The van der Waals surface area contributed by atoms with Crippen molar-refractivity contribution in [1.29, 1.82) is 0 Å². The maximum Gasteiger partial charge on any atom is 0.212 e. The van der Waals surface area contributed by atoms with Gasteiger partial charge in [0.05, 0.1) is 40.7 Å². The molecule has 0 aliphatic carbocycles. The number of benzene rings is 3. The topological polar surface area (TPSA) is 104 Å². The van der Waals surface area contributed by atoms with Crippen LogP contribution in [-0.2, 0) is 0 Å². The van der Waals surface area contributed by atoms with E-state index in [0.717, 1.165) is 114 Å². The molecular weight excluding hydrogens is 949 g/mol. The molecule has 2 N–H and O–H groups in total. The summed E-state index contributed by atoms with van der Waals surface area (Å²) < 4.78 is 22.4. The number of hydrogen-bond acceptors (Lipinski definition) is 6. The van der Waals surface area contributed by atoms with Crippen molar-refractivity contribution in [3.63, 3.8) is 0 Å². The van der Waals surface area contributed by atoms with Crippen molar-refractivity contribution in [2.24, 2.45) is 0 Å². The Balaban J connectivity index is 0.953. The van der Waals surface area contributed by atoms with Gasteiger partial charge in [-0.25, -0.2) is 19.9 Å². The highest BCUT2D eigenvalue weighted by molar-refractivity contribution is 9.11. The summed E-state index contributed by atoms with van der Waals surface area (Å²) >= 11 is 11.3. The molecule has 0 aliphatic rings. The molecule has 0 aliphatic heterocycles. The van der Waals surface area contributed by atoms with Gasteiger partial charge in [0.1, 0.15) is 16.9 Å². The molecule has 60 heavy (non-hydrogen) atoms. The summed E-state index contributed by atoms with van der Waals surface area (Å²) in [6, 6.07) is 35.9. The molecule has 0 saturated carbocycles. The van der Waals surface area contributed by atoms with Gasteiger partial charge in [-0.05, 0) is 125 Å². The first-order valence-corrected chi connectivity index (χ1v) is 21.1. The Hall–Kier alpha value is -6.54. The molecule has 0 spiro atoms. The minimum Gasteiger partial charge on any atom is -0.399 e. The molecule has 0 atom stereocenters. The largest absolute Gasteiger partial charge is 0.399 e. The van der Waals surface area contributed by atoms with Gasteiger partial charge in [0.15, 0.2) is 0 Å². The third-order valence-corrected chi connectivity index (χ3v) is 12.2. The molecule has 0 saturated heterocycles. The van der Waals surface area contributed by atoms with Gasteiger partial charge < -0.3 is 5.73 Å². The van der Waals surface area contributed by atoms with Crippen LogP contribution in [0.15, 0.2) is 166 Å². The normalized spacial score (nSPS) is 11.7. The number of anilines is 1. The number of rotatable bonds is 6. The zero-order valence-corrected chi connectivity index (χ0v) is 35.9. The molecule has 11 rings (SSSR count). The monoisotopic (exact) mass is 973 g/mol. The van der Waals surface area contributed by atoms with Crippen molar-refractivity contribution in [2.45, 2.75) is 0 Å². The minimum absolute atomic E-state index is 0.527. The summed E-state index contributed by atoms with van der Waals surface area (Å²) in [6.45, 7) is 0. The van der Waals surface area contributed by atoms with Crippen molar-refractivity contribution in [2.75, 3.05) is 5.73 Å². The predicted molar refractivity (Wildman–Crippen MR) is 246 cm³/mol. The Labute approximate surface area is 366 Å². The minimum atomic E-state index is -0.527. The number of fused-ring (bicyclic) bond motifs is 4. The first-order valence-electron chi connectivity index (χ1n) is 18.7. The van der Waals surface area contributed by atoms with Crippen LogP contribution in [0.1, 0.15) is 0 Å². The fourth-order valence-corrected chi connectivity index (χ4v) is 9.13. The zero-order chi connectivity index (χ0) is 40.6. The molecule has 3 aromatic carbocycles. The zero-order valence-electron chi connectivity index (χ0n) is 31.1. The smallest absolute Gasteiger partial charge is 0.212 e. The quantitative estimate of drug-likeness (QED) is 0.131. The molecule has 13 heteroatoms. The molecule has 8 heterocycles. The molecule has 0 fully saturated rings. The van der Waals surface area contributed by atoms with Crippen molar-refractivity contribution >= 4 is 81.3 Å². The van der Waals surface area contributed by atoms with Gasteiger partial charge in [-0.1, -0.05) is 48.5 Å². The Morgan fingerprint density at radius 2 is 1.28 bits per heavy atom. The van der Waals surface area contributed by atoms with Crippen LogP contribution < -0.4 is 5.73 Å². The summed E-state index contributed by atoms with van der Waals surface area (Å²) in [5, 5.41) is 0.983. The summed E-state index contributed by atoms with van der Waals surface area (Å²) in [5.74, 6) is -0.527. The van der Waals surface area contributed by atoms with Gasteiger partial charge in [0.25, 0.3) is 0 Å². The van der Waals surface area contributed by atoms with E-state index in [1.165, 1.54) is 12.3 Å². The SMILES string of the molecule is Nc1cccc(-c2ccc(-c3c(-c4cc5ncc(-c6cnc7cc(-c8cc(Br)cn9c(-c%10ccc(F)nc%10)cnc89)ccc7c6)n5cc4Br)nc4ccc(Br)cn34)cc2)c1. The second kappa shape index (κ2) is 14.3. The molecule has 0 radical (unpaired) electrons. The molecular formula is C47H27Br3FN9. The van der Waals surface area contributed by atoms with Crippen LogP contribution >= 0.6 is 47.8 Å². The van der Waals surface area contributed by atoms with E-state index < -0.39 is 5.95 Å². The van der Waals surface area contributed by atoms with Gasteiger partial charge >= 0.3 is 0 Å². The third kappa shape index (κ3) is 6.28. The highest BCUT2D eigenvalue weighted by atomic mass is 79.9. The van der Waals surface area contributed by atoms with Crippen molar-refractivity contribution in [1.82, 2.24) is 38.1 Å². The lowest BCUT2D eigenvalue weighted by molar-refractivity contribution is 0.584. The van der Waals surface area contributed by atoms with Crippen LogP contribution in [0.2, 0.25) is 0 Å². The highest BCUT2D eigenvalue weighted by Gasteiger charge is 2.21. The van der Waals surface area contributed by atoms with Crippen molar-refractivity contribution in [3.8, 4) is 67.3 Å². The Morgan fingerprint density at radius 3 is 2.12 bits per heavy atom. The molecule has 0 bridgehead atoms. The first kappa shape index (κ1) is 36.5. The molecule has 9 nitrogen and oxygen atoms in total. The maximum absolute atomic E-state index is 13.6. The average molecular weight is 977 g/mol. The first-order chi connectivity index (χ1) is 29.2. The van der Waals surface area contributed by atoms with E-state index in [1.807, 2.05) is 71.8 Å². The van der Waals surface area contributed by atoms with E-state index in [9.17, 15) is 4.39 Å². The van der Waals surface area contributed by atoms with Crippen LogP contribution in [0, 0.1) is 5.95 Å². The molecule has 0 unspecified atom stereocenters. The standard InChI is InChI=1S/C47H27Br3FN9/c48-33-11-13-43-57-45(46(60(43)23-33)27-6-4-26(5-7-27)28-2-1-3-35(52)15-28)37-18-44-55-21-41(58(44)25-38(37)50)32-14-30-9-8-29(16-39(30)53-20-32)36-17-34(49)24-59-40(22-56-47(36)59)31-10-12-42(51)54-19-31/h1-25H,52H2. The number of imidazole rings is 3. The number of nitrogens with two attached hydrogens (primary N) is 1. The number of hydrogen-bond donors (Lipinski definition) is 1. The van der Waals surface area contributed by atoms with E-state index in [4.69, 9.17) is 25.7 Å². The van der Waals surface area contributed by atoms with Crippen molar-refractivity contribution in [3.05, 3.63) is 172 Å². The van der Waals surface area contributed by atoms with E-state index in [1.54, 1.807) is 12.3 Å². The Morgan fingerprint density at radius 1 is 0.517 bits per heavy atom. The molecule has 8 aromatic heterocycles. The predicted octanol–water partition coefficient (Wildman–Crippen LogP) is 12.6. The fraction of sp³-hybridized carbons (Fsp3) is 0. The van der Waals surface area contributed by atoms with Crippen LogP contribution in [0.25, 0.3) is 95.1 Å². The van der Waals surface area contributed by atoms with Crippen LogP contribution in [0.4, 0.5) is 10.1 Å². The molecule has 288 valence electrons. The number of nitrogen functional groups attached to an aromatic ring is 1. The van der Waals surface area contributed by atoms with E-state index in [-0.39, 0.29) is 0 Å². The number of halogens is 4. The molecule has 0 amide bonds. The lowest BCUT2D eigenvalue weighted by Gasteiger charge is -2.11. The van der Waals surface area contributed by atoms with Crippen molar-refractivity contribution < 1.29 is 4.39 Å². The van der Waals surface area contributed by atoms with E-state index in [0.29, 0.717) is 0 Å². The average Bonchev–Trinajstić information content (AvgIpc) is 3.98. The number of pyridine rings is 5. The van der Waals surface area contributed by atoms with E-state index in [2.05, 4.69) is 122 Å². The maximum atomic E-state index is 13.6. The second-order valence-corrected chi connectivity index (χ2v) is 17.1. The third-order valence-electron chi connectivity index (χ3n) is 10.7. The number of nitrogens with zero attached hydrogens (tertiary/aromatic N) is 8. The lowest BCUT2D eigenvalue weighted by atomic mass is 10.0. The number of aromatic nitrogens is 8. The molecule has 11 aromatic rings. The van der Waals surface area contributed by atoms with Gasteiger partial charge in [0, 0.05) is 83.3 Å². The fourth-order valence-electron chi connectivity index (χ4n) is 7.85. The highest BCUT2D eigenvalue weighted by Crippen LogP contribution is 2.40. The Bertz CT molecular complexity index is 3500. The van der Waals surface area contributed by atoms with Crippen LogP contribution in [0.5, 0.6) is 0 Å².